The SMILES string of the molecule is CCCOCCOC(=O)CC(=C(CC(=O)O)C(=O)O)c1cccc2ccccc12. The lowest BCUT2D eigenvalue weighted by Gasteiger charge is -2.14. The van der Waals surface area contributed by atoms with Crippen LogP contribution in [0.2, 0.25) is 0 Å². The van der Waals surface area contributed by atoms with Crippen LogP contribution in [0.3, 0.4) is 0 Å². The average molecular weight is 400 g/mol. The summed E-state index contributed by atoms with van der Waals surface area (Å²) in [5.74, 6) is -3.31. The van der Waals surface area contributed by atoms with Crippen LogP contribution in [-0.4, -0.2) is 47.9 Å². The molecule has 0 bridgehead atoms. The third-order valence-corrected chi connectivity index (χ3v) is 4.23. The molecule has 0 saturated carbocycles. The molecule has 2 N–H and O–H groups in total. The fraction of sp³-hybridized carbons (Fsp3) is 0.318. The smallest absolute Gasteiger partial charge is 0.332 e. The first-order valence-electron chi connectivity index (χ1n) is 9.32. The van der Waals surface area contributed by atoms with Crippen LogP contribution in [0.15, 0.2) is 48.0 Å². The van der Waals surface area contributed by atoms with Crippen LogP contribution in [0.4, 0.5) is 0 Å². The van der Waals surface area contributed by atoms with Crippen molar-refractivity contribution in [2.75, 3.05) is 19.8 Å². The van der Waals surface area contributed by atoms with Crippen molar-refractivity contribution in [2.24, 2.45) is 0 Å². The summed E-state index contributed by atoms with van der Waals surface area (Å²) in [4.78, 5) is 35.4. The molecule has 0 unspecified atom stereocenters. The molecule has 0 fully saturated rings. The van der Waals surface area contributed by atoms with Gasteiger partial charge >= 0.3 is 17.9 Å². The molecule has 0 atom stereocenters. The standard InChI is InChI=1S/C22H24O7/c1-2-10-28-11-12-29-21(25)14-18(19(22(26)27)13-20(23)24)17-9-5-7-15-6-3-4-8-16(15)17/h3-9H,2,10-14H2,1H3,(H,23,24)(H,26,27). The van der Waals surface area contributed by atoms with Crippen molar-refractivity contribution >= 4 is 34.3 Å². The van der Waals surface area contributed by atoms with Gasteiger partial charge in [0.25, 0.3) is 0 Å². The maximum absolute atomic E-state index is 12.4. The van der Waals surface area contributed by atoms with Crippen molar-refractivity contribution in [3.8, 4) is 0 Å². The third-order valence-electron chi connectivity index (χ3n) is 4.23. The van der Waals surface area contributed by atoms with E-state index in [1.807, 2.05) is 25.1 Å². The summed E-state index contributed by atoms with van der Waals surface area (Å²) in [7, 11) is 0. The second kappa shape index (κ2) is 11.0. The predicted molar refractivity (Wildman–Crippen MR) is 107 cm³/mol. The lowest BCUT2D eigenvalue weighted by atomic mass is 9.91. The van der Waals surface area contributed by atoms with Gasteiger partial charge in [0, 0.05) is 6.61 Å². The van der Waals surface area contributed by atoms with E-state index < -0.39 is 24.3 Å². The van der Waals surface area contributed by atoms with Crippen molar-refractivity contribution in [3.63, 3.8) is 0 Å². The van der Waals surface area contributed by atoms with Crippen molar-refractivity contribution < 1.29 is 34.1 Å². The van der Waals surface area contributed by atoms with Gasteiger partial charge in [-0.25, -0.2) is 4.79 Å². The summed E-state index contributed by atoms with van der Waals surface area (Å²) in [6.45, 7) is 2.81. The minimum absolute atomic E-state index is 0.0446. The monoisotopic (exact) mass is 400 g/mol. The highest BCUT2D eigenvalue weighted by Gasteiger charge is 2.23. The Morgan fingerprint density at radius 2 is 1.62 bits per heavy atom. The molecule has 0 aliphatic rings. The van der Waals surface area contributed by atoms with Gasteiger partial charge < -0.3 is 19.7 Å². The highest BCUT2D eigenvalue weighted by Crippen LogP contribution is 2.31. The summed E-state index contributed by atoms with van der Waals surface area (Å²) >= 11 is 0. The van der Waals surface area contributed by atoms with Gasteiger partial charge in [0.1, 0.15) is 6.61 Å². The number of hydrogen-bond acceptors (Lipinski definition) is 5. The number of carbonyl (C=O) groups excluding carboxylic acids is 1. The highest BCUT2D eigenvalue weighted by atomic mass is 16.6. The number of hydrogen-bond donors (Lipinski definition) is 2. The molecule has 2 aromatic rings. The zero-order valence-electron chi connectivity index (χ0n) is 16.2. The lowest BCUT2D eigenvalue weighted by molar-refractivity contribution is -0.144. The Labute approximate surface area is 168 Å². The topological polar surface area (TPSA) is 110 Å². The van der Waals surface area contributed by atoms with E-state index in [0.29, 0.717) is 12.2 Å². The molecule has 0 radical (unpaired) electrons. The molecule has 0 aliphatic carbocycles. The van der Waals surface area contributed by atoms with Crippen LogP contribution in [0, 0.1) is 0 Å². The fourth-order valence-corrected chi connectivity index (χ4v) is 2.97. The number of aliphatic carboxylic acids is 2. The lowest BCUT2D eigenvalue weighted by Crippen LogP contribution is -2.15. The Balaban J connectivity index is 2.40. The van der Waals surface area contributed by atoms with Crippen molar-refractivity contribution in [2.45, 2.75) is 26.2 Å². The van der Waals surface area contributed by atoms with Gasteiger partial charge in [0.05, 0.1) is 25.0 Å². The van der Waals surface area contributed by atoms with Crippen LogP contribution in [0.25, 0.3) is 16.3 Å². The van der Waals surface area contributed by atoms with Crippen molar-refractivity contribution in [1.29, 1.82) is 0 Å². The first-order valence-corrected chi connectivity index (χ1v) is 9.32. The van der Waals surface area contributed by atoms with Gasteiger partial charge in [0.15, 0.2) is 0 Å². The molecule has 2 aromatic carbocycles. The highest BCUT2D eigenvalue weighted by molar-refractivity contribution is 6.07. The van der Waals surface area contributed by atoms with Gasteiger partial charge in [-0.05, 0) is 28.3 Å². The number of carbonyl (C=O) groups is 3. The molecule has 154 valence electrons. The van der Waals surface area contributed by atoms with E-state index >= 15 is 0 Å². The van der Waals surface area contributed by atoms with E-state index in [9.17, 15) is 19.5 Å². The van der Waals surface area contributed by atoms with Gasteiger partial charge in [-0.1, -0.05) is 49.4 Å². The van der Waals surface area contributed by atoms with Crippen LogP contribution in [0.1, 0.15) is 31.7 Å². The van der Waals surface area contributed by atoms with E-state index in [0.717, 1.165) is 17.2 Å². The van der Waals surface area contributed by atoms with E-state index in [2.05, 4.69) is 0 Å². The van der Waals surface area contributed by atoms with Crippen LogP contribution in [0.5, 0.6) is 0 Å². The van der Waals surface area contributed by atoms with Gasteiger partial charge in [-0.3, -0.25) is 9.59 Å². The quantitative estimate of drug-likeness (QED) is 0.337. The predicted octanol–water partition coefficient (Wildman–Crippen LogP) is 3.51. The largest absolute Gasteiger partial charge is 0.481 e. The number of rotatable bonds is 11. The number of ether oxygens (including phenoxy) is 2. The Morgan fingerprint density at radius 3 is 2.31 bits per heavy atom. The number of esters is 1. The zero-order chi connectivity index (χ0) is 21.2. The normalized spacial score (nSPS) is 11.8. The average Bonchev–Trinajstić information content (AvgIpc) is 2.69. The van der Waals surface area contributed by atoms with Crippen LogP contribution in [-0.2, 0) is 23.9 Å². The number of carboxylic acid groups (broad SMARTS) is 2. The maximum Gasteiger partial charge on any atom is 0.332 e. The second-order valence-corrected chi connectivity index (χ2v) is 6.37. The summed E-state index contributed by atoms with van der Waals surface area (Å²) in [5, 5.41) is 20.4. The Bertz CT molecular complexity index is 909. The van der Waals surface area contributed by atoms with Gasteiger partial charge in [-0.2, -0.15) is 0 Å². The van der Waals surface area contributed by atoms with Gasteiger partial charge in [0.2, 0.25) is 0 Å². The van der Waals surface area contributed by atoms with Crippen molar-refractivity contribution in [1.82, 2.24) is 0 Å². The molecular weight excluding hydrogens is 376 g/mol. The number of benzene rings is 2. The maximum atomic E-state index is 12.4. The Morgan fingerprint density at radius 1 is 0.897 bits per heavy atom. The number of carboxylic acids is 2. The third kappa shape index (κ3) is 6.43. The fourth-order valence-electron chi connectivity index (χ4n) is 2.97. The molecule has 0 amide bonds. The molecule has 7 nitrogen and oxygen atoms in total. The molecular formula is C22H24O7. The molecule has 0 aromatic heterocycles. The van der Waals surface area contributed by atoms with Crippen molar-refractivity contribution in [3.05, 3.63) is 53.6 Å². The Hall–Kier alpha value is -3.19. The zero-order valence-corrected chi connectivity index (χ0v) is 16.2. The van der Waals surface area contributed by atoms with E-state index in [4.69, 9.17) is 14.6 Å². The summed E-state index contributed by atoms with van der Waals surface area (Å²) in [6, 6.07) is 12.6. The minimum Gasteiger partial charge on any atom is -0.481 e. The first-order chi connectivity index (χ1) is 13.9. The van der Waals surface area contributed by atoms with E-state index in [-0.39, 0.29) is 30.8 Å². The van der Waals surface area contributed by atoms with E-state index in [1.165, 1.54) is 0 Å². The number of fused-ring (bicyclic) bond motifs is 1. The second-order valence-electron chi connectivity index (χ2n) is 6.37. The molecule has 0 heterocycles. The first kappa shape index (κ1) is 22.1. The van der Waals surface area contributed by atoms with Crippen LogP contribution < -0.4 is 0 Å². The summed E-state index contributed by atoms with van der Waals surface area (Å²) < 4.78 is 10.4. The summed E-state index contributed by atoms with van der Waals surface area (Å²) in [6.07, 6.45) is -0.212. The molecule has 7 heteroatoms. The molecule has 0 spiro atoms. The molecule has 29 heavy (non-hydrogen) atoms. The molecule has 0 aliphatic heterocycles. The van der Waals surface area contributed by atoms with Crippen LogP contribution >= 0.6 is 0 Å². The molecule has 0 saturated heterocycles. The van der Waals surface area contributed by atoms with Gasteiger partial charge in [-0.15, -0.1) is 0 Å². The van der Waals surface area contributed by atoms with E-state index in [1.54, 1.807) is 24.3 Å². The molecule has 2 rings (SSSR count). The summed E-state index contributed by atoms with van der Waals surface area (Å²) in [5.41, 5.74) is 0.296. The minimum atomic E-state index is -1.38. The Kier molecular flexibility index (Phi) is 8.36.